The molecule has 0 fully saturated rings. The minimum Gasteiger partial charge on any atom is -0.344 e. The number of pyridine rings is 2. The molecule has 0 spiro atoms. The van der Waals surface area contributed by atoms with E-state index in [-0.39, 0.29) is 23.1 Å². The lowest BCUT2D eigenvalue weighted by Gasteiger charge is -2.18. The first kappa shape index (κ1) is 25.7. The highest BCUT2D eigenvalue weighted by molar-refractivity contribution is 5.95. The van der Waals surface area contributed by atoms with Crippen molar-refractivity contribution in [3.63, 3.8) is 0 Å². The Balaban J connectivity index is 1.67. The maximum Gasteiger partial charge on any atom is 0.416 e. The number of amides is 1. The molecule has 4 aromatic rings. The number of alkyl halides is 6. The number of carbonyl (C=O) groups excluding carboxylic acids is 1. The van der Waals surface area contributed by atoms with Crippen LogP contribution in [0.25, 0.3) is 17.1 Å². The van der Waals surface area contributed by atoms with Crippen LogP contribution in [-0.2, 0) is 12.4 Å². The SMILES string of the molecule is CC(NC(=O)c1cc(C(F)(F)F)cc(C(F)(F)F)c1)c1nccc(F)c1-n1ncc(-c2ccccn2)n1. The highest BCUT2D eigenvalue weighted by Gasteiger charge is 2.37. The van der Waals surface area contributed by atoms with Crippen LogP contribution >= 0.6 is 0 Å². The average molecular weight is 524 g/mol. The number of halogens is 7. The van der Waals surface area contributed by atoms with Crippen molar-refractivity contribution in [3.05, 3.63) is 89.3 Å². The first-order chi connectivity index (χ1) is 17.3. The van der Waals surface area contributed by atoms with Gasteiger partial charge in [0.05, 0.1) is 34.8 Å². The van der Waals surface area contributed by atoms with Gasteiger partial charge in [-0.3, -0.25) is 14.8 Å². The van der Waals surface area contributed by atoms with Crippen LogP contribution in [0.15, 0.2) is 61.1 Å². The summed E-state index contributed by atoms with van der Waals surface area (Å²) in [6.45, 7) is 1.32. The van der Waals surface area contributed by atoms with Gasteiger partial charge in [0, 0.05) is 18.0 Å². The van der Waals surface area contributed by atoms with Gasteiger partial charge >= 0.3 is 12.4 Å². The van der Waals surface area contributed by atoms with Crippen LogP contribution in [0.4, 0.5) is 30.7 Å². The quantitative estimate of drug-likeness (QED) is 0.354. The molecule has 3 aromatic heterocycles. The second-order valence-electron chi connectivity index (χ2n) is 7.75. The summed E-state index contributed by atoms with van der Waals surface area (Å²) in [6.07, 6.45) is -6.36. The molecule has 192 valence electrons. The number of carbonyl (C=O) groups is 1. The van der Waals surface area contributed by atoms with Gasteiger partial charge in [0.15, 0.2) is 5.82 Å². The third-order valence-electron chi connectivity index (χ3n) is 5.13. The number of benzene rings is 1. The lowest BCUT2D eigenvalue weighted by Crippen LogP contribution is -2.29. The summed E-state index contributed by atoms with van der Waals surface area (Å²) >= 11 is 0. The third-order valence-corrected chi connectivity index (χ3v) is 5.13. The molecule has 1 N–H and O–H groups in total. The van der Waals surface area contributed by atoms with Crippen LogP contribution in [0.1, 0.15) is 40.1 Å². The summed E-state index contributed by atoms with van der Waals surface area (Å²) in [4.78, 5) is 21.7. The van der Waals surface area contributed by atoms with E-state index in [1.54, 1.807) is 18.2 Å². The molecule has 0 radical (unpaired) electrons. The molecule has 1 unspecified atom stereocenters. The van der Waals surface area contributed by atoms with E-state index in [0.717, 1.165) is 17.1 Å². The van der Waals surface area contributed by atoms with Crippen LogP contribution in [-0.4, -0.2) is 30.9 Å². The Morgan fingerprint density at radius 2 is 1.59 bits per heavy atom. The second-order valence-corrected chi connectivity index (χ2v) is 7.75. The summed E-state index contributed by atoms with van der Waals surface area (Å²) in [7, 11) is 0. The second kappa shape index (κ2) is 9.59. The summed E-state index contributed by atoms with van der Waals surface area (Å²) in [6, 6.07) is 5.35. The predicted octanol–water partition coefficient (Wildman–Crippen LogP) is 5.39. The predicted molar refractivity (Wildman–Crippen MR) is 115 cm³/mol. The largest absolute Gasteiger partial charge is 0.416 e. The Morgan fingerprint density at radius 1 is 0.919 bits per heavy atom. The smallest absolute Gasteiger partial charge is 0.344 e. The normalized spacial score (nSPS) is 12.9. The summed E-state index contributed by atoms with van der Waals surface area (Å²) in [5.41, 5.74) is -3.86. The van der Waals surface area contributed by atoms with Crippen molar-refractivity contribution < 1.29 is 35.5 Å². The molecule has 1 amide bonds. The van der Waals surface area contributed by atoms with Gasteiger partial charge in [0.25, 0.3) is 5.91 Å². The van der Waals surface area contributed by atoms with Crippen molar-refractivity contribution in [1.29, 1.82) is 0 Å². The summed E-state index contributed by atoms with van der Waals surface area (Å²) in [5, 5.41) is 10.4. The van der Waals surface area contributed by atoms with E-state index in [0.29, 0.717) is 17.8 Å². The molecule has 0 bridgehead atoms. The van der Waals surface area contributed by atoms with E-state index in [2.05, 4.69) is 25.5 Å². The standard InChI is InChI=1S/C23H15F7N6O/c1-12(34-21(37)13-8-14(22(25,26)27)10-15(9-13)23(28,29)30)19-20(16(24)5-7-32-19)36-33-11-18(35-36)17-4-2-3-6-31-17/h2-12H,1H3,(H,34,37). The minimum atomic E-state index is -5.13. The summed E-state index contributed by atoms with van der Waals surface area (Å²) in [5.74, 6) is -2.10. The van der Waals surface area contributed by atoms with Crippen LogP contribution in [0, 0.1) is 5.82 Å². The molecule has 0 saturated carbocycles. The van der Waals surface area contributed by atoms with Gasteiger partial charge in [0.1, 0.15) is 11.4 Å². The fourth-order valence-corrected chi connectivity index (χ4v) is 3.40. The molecule has 0 aliphatic rings. The van der Waals surface area contributed by atoms with Gasteiger partial charge in [-0.05, 0) is 43.3 Å². The van der Waals surface area contributed by atoms with Gasteiger partial charge in [-0.1, -0.05) is 6.07 Å². The third kappa shape index (κ3) is 5.57. The van der Waals surface area contributed by atoms with Crippen molar-refractivity contribution in [2.75, 3.05) is 0 Å². The molecule has 1 aromatic carbocycles. The molecule has 3 heterocycles. The molecular weight excluding hydrogens is 509 g/mol. The average Bonchev–Trinajstić information content (AvgIpc) is 3.33. The number of hydrogen-bond donors (Lipinski definition) is 1. The van der Waals surface area contributed by atoms with Gasteiger partial charge in [0.2, 0.25) is 0 Å². The Morgan fingerprint density at radius 3 is 2.19 bits per heavy atom. The van der Waals surface area contributed by atoms with Gasteiger partial charge in [-0.2, -0.15) is 31.4 Å². The molecule has 37 heavy (non-hydrogen) atoms. The summed E-state index contributed by atoms with van der Waals surface area (Å²) < 4.78 is 93.8. The number of aromatic nitrogens is 5. The molecule has 0 aliphatic carbocycles. The monoisotopic (exact) mass is 524 g/mol. The van der Waals surface area contributed by atoms with Crippen molar-refractivity contribution >= 4 is 5.91 Å². The van der Waals surface area contributed by atoms with Gasteiger partial charge < -0.3 is 5.32 Å². The van der Waals surface area contributed by atoms with Crippen molar-refractivity contribution in [2.24, 2.45) is 0 Å². The van der Waals surface area contributed by atoms with Crippen molar-refractivity contribution in [3.8, 4) is 17.1 Å². The number of rotatable bonds is 5. The van der Waals surface area contributed by atoms with Gasteiger partial charge in [-0.15, -0.1) is 9.90 Å². The number of nitrogens with one attached hydrogen (secondary N) is 1. The van der Waals surface area contributed by atoms with Crippen LogP contribution < -0.4 is 5.32 Å². The van der Waals surface area contributed by atoms with Gasteiger partial charge in [-0.25, -0.2) is 4.39 Å². The van der Waals surface area contributed by atoms with Crippen molar-refractivity contribution in [1.82, 2.24) is 30.3 Å². The van der Waals surface area contributed by atoms with Crippen LogP contribution in [0.2, 0.25) is 0 Å². The fourth-order valence-electron chi connectivity index (χ4n) is 3.40. The number of nitrogens with zero attached hydrogens (tertiary/aromatic N) is 5. The molecule has 14 heteroatoms. The maximum atomic E-state index is 14.8. The van der Waals surface area contributed by atoms with E-state index in [1.807, 2.05) is 0 Å². The first-order valence-corrected chi connectivity index (χ1v) is 10.4. The Bertz CT molecular complexity index is 1400. The molecule has 4 rings (SSSR count). The van der Waals surface area contributed by atoms with E-state index < -0.39 is 46.8 Å². The zero-order chi connectivity index (χ0) is 27.0. The molecule has 7 nitrogen and oxygen atoms in total. The minimum absolute atomic E-state index is 0.0883. The maximum absolute atomic E-state index is 14.8. The molecule has 0 aliphatic heterocycles. The topological polar surface area (TPSA) is 85.6 Å². The zero-order valence-electron chi connectivity index (χ0n) is 18.6. The van der Waals surface area contributed by atoms with E-state index in [4.69, 9.17) is 0 Å². The Hall–Kier alpha value is -4.36. The Kier molecular flexibility index (Phi) is 6.67. The first-order valence-electron chi connectivity index (χ1n) is 10.4. The lowest BCUT2D eigenvalue weighted by atomic mass is 10.0. The van der Waals surface area contributed by atoms with Crippen molar-refractivity contribution in [2.45, 2.75) is 25.3 Å². The fraction of sp³-hybridized carbons (Fsp3) is 0.174. The molecular formula is C23H15F7N6O. The highest BCUT2D eigenvalue weighted by Crippen LogP contribution is 2.36. The van der Waals surface area contributed by atoms with E-state index in [9.17, 15) is 35.5 Å². The highest BCUT2D eigenvalue weighted by atomic mass is 19.4. The van der Waals surface area contributed by atoms with E-state index >= 15 is 0 Å². The van der Waals surface area contributed by atoms with Crippen LogP contribution in [0.3, 0.4) is 0 Å². The molecule has 1 atom stereocenters. The number of hydrogen-bond acceptors (Lipinski definition) is 5. The van der Waals surface area contributed by atoms with Crippen LogP contribution in [0.5, 0.6) is 0 Å². The lowest BCUT2D eigenvalue weighted by molar-refractivity contribution is -0.143. The zero-order valence-corrected chi connectivity index (χ0v) is 18.6. The molecule has 0 saturated heterocycles. The Labute approximate surface area is 204 Å². The van der Waals surface area contributed by atoms with E-state index in [1.165, 1.54) is 19.3 Å².